The first kappa shape index (κ1) is 14.0. The molecule has 4 heterocycles. The Hall–Kier alpha value is -1.65. The van der Waals surface area contributed by atoms with Crippen molar-refractivity contribution in [3.8, 4) is 10.4 Å². The lowest BCUT2D eigenvalue weighted by atomic mass is 9.84. The molecular formula is C18H20N2OS. The van der Waals surface area contributed by atoms with Gasteiger partial charge in [0.2, 0.25) is 0 Å². The van der Waals surface area contributed by atoms with Gasteiger partial charge in [-0.1, -0.05) is 30.3 Å². The van der Waals surface area contributed by atoms with Crippen molar-refractivity contribution in [3.05, 3.63) is 47.3 Å². The first-order valence-electron chi connectivity index (χ1n) is 7.98. The topological polar surface area (TPSA) is 32.3 Å². The van der Waals surface area contributed by atoms with Crippen molar-refractivity contribution in [1.29, 1.82) is 0 Å². The SMILES string of the molecule is O=[13C](N[C@H]1CN2CCC1CC2)c1ccc(-c2ccccc2)s1. The van der Waals surface area contributed by atoms with Crippen LogP contribution in [-0.4, -0.2) is 36.5 Å². The van der Waals surface area contributed by atoms with Crippen LogP contribution < -0.4 is 5.32 Å². The van der Waals surface area contributed by atoms with Crippen LogP contribution in [0.25, 0.3) is 10.4 Å². The summed E-state index contributed by atoms with van der Waals surface area (Å²) in [6.45, 7) is 3.43. The average Bonchev–Trinajstić information content (AvgIpc) is 3.07. The van der Waals surface area contributed by atoms with E-state index in [0.717, 1.165) is 16.3 Å². The van der Waals surface area contributed by atoms with Gasteiger partial charge in [0, 0.05) is 17.5 Å². The molecule has 1 amide bonds. The van der Waals surface area contributed by atoms with Crippen molar-refractivity contribution in [3.63, 3.8) is 0 Å². The zero-order valence-electron chi connectivity index (χ0n) is 12.5. The molecule has 1 atom stereocenters. The maximum Gasteiger partial charge on any atom is 0.261 e. The Labute approximate surface area is 135 Å². The minimum absolute atomic E-state index is 0.0888. The van der Waals surface area contributed by atoms with Crippen LogP contribution in [0.1, 0.15) is 22.5 Å². The summed E-state index contributed by atoms with van der Waals surface area (Å²) >= 11 is 1.58. The molecule has 5 rings (SSSR count). The van der Waals surface area contributed by atoms with Gasteiger partial charge in [0.25, 0.3) is 5.91 Å². The number of carbonyl (C=O) groups is 1. The van der Waals surface area contributed by atoms with E-state index in [1.807, 2.05) is 30.3 Å². The summed E-state index contributed by atoms with van der Waals surface area (Å²) in [6.07, 6.45) is 2.45. The molecule has 0 spiro atoms. The lowest BCUT2D eigenvalue weighted by molar-refractivity contribution is 0.0622. The molecule has 0 radical (unpaired) electrons. The summed E-state index contributed by atoms with van der Waals surface area (Å²) in [6, 6.07) is 14.6. The first-order valence-corrected chi connectivity index (χ1v) is 8.80. The Kier molecular flexibility index (Phi) is 3.72. The molecule has 3 nitrogen and oxygen atoms in total. The monoisotopic (exact) mass is 313 g/mol. The molecule has 3 saturated heterocycles. The van der Waals surface area contributed by atoms with E-state index in [-0.39, 0.29) is 5.91 Å². The maximum atomic E-state index is 12.5. The maximum absolute atomic E-state index is 12.5. The quantitative estimate of drug-likeness (QED) is 0.882. The Bertz CT molecular complexity index is 659. The highest BCUT2D eigenvalue weighted by Gasteiger charge is 2.35. The van der Waals surface area contributed by atoms with Gasteiger partial charge in [-0.3, -0.25) is 4.79 Å². The second kappa shape index (κ2) is 5.86. The number of amides is 1. The summed E-state index contributed by atoms with van der Waals surface area (Å²) in [7, 11) is 0. The van der Waals surface area contributed by atoms with E-state index in [1.165, 1.54) is 31.5 Å². The first-order chi connectivity index (χ1) is 10.8. The summed E-state index contributed by atoms with van der Waals surface area (Å²) in [5.41, 5.74) is 1.18. The molecule has 1 aromatic carbocycles. The predicted molar refractivity (Wildman–Crippen MR) is 90.2 cm³/mol. The molecule has 3 fully saturated rings. The van der Waals surface area contributed by atoms with Gasteiger partial charge in [0.05, 0.1) is 4.88 Å². The number of piperidine rings is 3. The van der Waals surface area contributed by atoms with E-state index in [9.17, 15) is 4.79 Å². The molecule has 4 heteroatoms. The molecule has 114 valence electrons. The van der Waals surface area contributed by atoms with E-state index in [4.69, 9.17) is 0 Å². The highest BCUT2D eigenvalue weighted by atomic mass is 32.1. The largest absolute Gasteiger partial charge is 0.347 e. The number of fused-ring (bicyclic) bond motifs is 3. The second-order valence-corrected chi connectivity index (χ2v) is 7.33. The molecule has 3 aliphatic heterocycles. The van der Waals surface area contributed by atoms with Crippen molar-refractivity contribution in [1.82, 2.24) is 10.2 Å². The fraction of sp³-hybridized carbons (Fsp3) is 0.389. The fourth-order valence-electron chi connectivity index (χ4n) is 3.59. The highest BCUT2D eigenvalue weighted by molar-refractivity contribution is 7.17. The van der Waals surface area contributed by atoms with Crippen LogP contribution in [0.4, 0.5) is 0 Å². The predicted octanol–water partition coefficient (Wildman–Crippen LogP) is 3.24. The van der Waals surface area contributed by atoms with Crippen molar-refractivity contribution >= 4 is 17.2 Å². The lowest BCUT2D eigenvalue weighted by Gasteiger charge is -2.44. The Morgan fingerprint density at radius 2 is 1.86 bits per heavy atom. The number of benzene rings is 1. The molecule has 22 heavy (non-hydrogen) atoms. The molecule has 0 aliphatic carbocycles. The van der Waals surface area contributed by atoms with Gasteiger partial charge in [0.1, 0.15) is 0 Å². The molecule has 0 saturated carbocycles. The van der Waals surface area contributed by atoms with Crippen molar-refractivity contribution in [2.24, 2.45) is 5.92 Å². The minimum Gasteiger partial charge on any atom is -0.347 e. The number of hydrogen-bond acceptors (Lipinski definition) is 3. The molecule has 0 unspecified atom stereocenters. The number of hydrogen-bond donors (Lipinski definition) is 1. The molecule has 1 aromatic heterocycles. The summed E-state index contributed by atoms with van der Waals surface area (Å²) in [5.74, 6) is 0.758. The summed E-state index contributed by atoms with van der Waals surface area (Å²) < 4.78 is 0. The third kappa shape index (κ3) is 2.69. The molecule has 1 N–H and O–H groups in total. The van der Waals surface area contributed by atoms with Crippen LogP contribution in [0.3, 0.4) is 0 Å². The van der Waals surface area contributed by atoms with Crippen LogP contribution in [0.2, 0.25) is 0 Å². The van der Waals surface area contributed by atoms with Crippen LogP contribution in [0.15, 0.2) is 42.5 Å². The average molecular weight is 313 g/mol. The standard InChI is InChI=1S/C18H20N2OS/c21-18(19-15-12-20-10-8-13(15)9-11-20)17-7-6-16(22-17)14-4-2-1-3-5-14/h1-7,13,15H,8-12H2,(H,19,21)/t15-/m0/s1/i18+1. The Morgan fingerprint density at radius 1 is 1.09 bits per heavy atom. The van der Waals surface area contributed by atoms with E-state index >= 15 is 0 Å². The number of rotatable bonds is 3. The third-order valence-electron chi connectivity index (χ3n) is 4.86. The number of carbonyl (C=O) groups excluding carboxylic acids is 1. The zero-order chi connectivity index (χ0) is 14.9. The van der Waals surface area contributed by atoms with Gasteiger partial charge in [-0.25, -0.2) is 0 Å². The van der Waals surface area contributed by atoms with Gasteiger partial charge in [-0.2, -0.15) is 0 Å². The van der Waals surface area contributed by atoms with Crippen LogP contribution in [0, 0.1) is 5.92 Å². The Balaban J connectivity index is 1.46. The van der Waals surface area contributed by atoms with Gasteiger partial charge in [0.15, 0.2) is 0 Å². The third-order valence-corrected chi connectivity index (χ3v) is 5.99. The minimum atomic E-state index is 0.0888. The molecule has 3 aliphatic rings. The van der Waals surface area contributed by atoms with Gasteiger partial charge in [-0.15, -0.1) is 11.3 Å². The second-order valence-electron chi connectivity index (χ2n) is 6.25. The molecular weight excluding hydrogens is 293 g/mol. The summed E-state index contributed by atoms with van der Waals surface area (Å²) in [5, 5.41) is 3.26. The number of nitrogens with zero attached hydrogens (tertiary/aromatic N) is 1. The van der Waals surface area contributed by atoms with E-state index in [2.05, 4.69) is 22.3 Å². The van der Waals surface area contributed by atoms with E-state index in [1.54, 1.807) is 11.3 Å². The normalized spacial score (nSPS) is 26.8. The fourth-order valence-corrected chi connectivity index (χ4v) is 4.50. The lowest BCUT2D eigenvalue weighted by Crippen LogP contribution is -2.57. The van der Waals surface area contributed by atoms with Crippen molar-refractivity contribution in [2.45, 2.75) is 18.9 Å². The molecule has 2 bridgehead atoms. The smallest absolute Gasteiger partial charge is 0.261 e. The van der Waals surface area contributed by atoms with Crippen molar-refractivity contribution < 1.29 is 4.79 Å². The van der Waals surface area contributed by atoms with Crippen LogP contribution >= 0.6 is 11.3 Å². The van der Waals surface area contributed by atoms with Gasteiger partial charge in [-0.05, 0) is 49.5 Å². The molecule has 2 aromatic rings. The zero-order valence-corrected chi connectivity index (χ0v) is 13.3. The Morgan fingerprint density at radius 3 is 2.55 bits per heavy atom. The highest BCUT2D eigenvalue weighted by Crippen LogP contribution is 2.30. The van der Waals surface area contributed by atoms with Gasteiger partial charge < -0.3 is 10.2 Å². The van der Waals surface area contributed by atoms with E-state index < -0.39 is 0 Å². The van der Waals surface area contributed by atoms with Gasteiger partial charge >= 0.3 is 0 Å². The number of nitrogens with one attached hydrogen (secondary N) is 1. The van der Waals surface area contributed by atoms with Crippen LogP contribution in [0.5, 0.6) is 0 Å². The number of thiophene rings is 1. The van der Waals surface area contributed by atoms with E-state index in [0.29, 0.717) is 12.0 Å². The van der Waals surface area contributed by atoms with Crippen LogP contribution in [-0.2, 0) is 0 Å². The summed E-state index contributed by atoms with van der Waals surface area (Å²) in [4.78, 5) is 16.9. The van der Waals surface area contributed by atoms with Crippen molar-refractivity contribution in [2.75, 3.05) is 19.6 Å².